The van der Waals surface area contributed by atoms with E-state index in [1.165, 1.54) is 0 Å². The van der Waals surface area contributed by atoms with Gasteiger partial charge < -0.3 is 9.64 Å². The Bertz CT molecular complexity index is 952. The molecule has 0 aliphatic carbocycles. The van der Waals surface area contributed by atoms with Gasteiger partial charge in [-0.25, -0.2) is 4.68 Å². The first-order chi connectivity index (χ1) is 13.2. The van der Waals surface area contributed by atoms with Crippen LogP contribution >= 0.6 is 15.9 Å². The van der Waals surface area contributed by atoms with Gasteiger partial charge in [-0.05, 0) is 70.7 Å². The topological polar surface area (TPSA) is 47.4 Å². The minimum atomic E-state index is 0.0634. The number of carbonyl (C=O) groups excluding carboxylic acids is 1. The van der Waals surface area contributed by atoms with E-state index >= 15 is 0 Å². The van der Waals surface area contributed by atoms with Crippen molar-refractivity contribution >= 4 is 21.8 Å². The van der Waals surface area contributed by atoms with Gasteiger partial charge in [0.05, 0.1) is 29.5 Å². The standard InChI is InChI=1S/C21H20BrN3O2/c1-27-19-5-2-4-16(12-19)20-6-3-11-24(20)21(26)15-7-9-18(10-8-15)25-14-17(22)13-23-25/h2,4-5,7-10,12-14,20H,3,6,11H2,1H3. The largest absolute Gasteiger partial charge is 0.497 e. The smallest absolute Gasteiger partial charge is 0.254 e. The highest BCUT2D eigenvalue weighted by Gasteiger charge is 2.30. The first-order valence-corrected chi connectivity index (χ1v) is 9.70. The summed E-state index contributed by atoms with van der Waals surface area (Å²) >= 11 is 3.40. The van der Waals surface area contributed by atoms with Crippen molar-refractivity contribution in [2.45, 2.75) is 18.9 Å². The number of halogens is 1. The maximum absolute atomic E-state index is 13.1. The molecule has 1 amide bonds. The summed E-state index contributed by atoms with van der Waals surface area (Å²) in [6, 6.07) is 15.7. The predicted octanol–water partition coefficient (Wildman–Crippen LogP) is 4.62. The first-order valence-electron chi connectivity index (χ1n) is 8.91. The normalized spacial score (nSPS) is 16.5. The third-order valence-electron chi connectivity index (χ3n) is 4.92. The zero-order valence-corrected chi connectivity index (χ0v) is 16.6. The molecule has 4 rings (SSSR count). The number of nitrogens with zero attached hydrogens (tertiary/aromatic N) is 3. The molecule has 2 heterocycles. The molecule has 138 valence electrons. The van der Waals surface area contributed by atoms with Crippen LogP contribution in [0.4, 0.5) is 0 Å². The van der Waals surface area contributed by atoms with Crippen molar-refractivity contribution in [3.63, 3.8) is 0 Å². The van der Waals surface area contributed by atoms with Gasteiger partial charge in [0.15, 0.2) is 0 Å². The second-order valence-corrected chi connectivity index (χ2v) is 7.50. The van der Waals surface area contributed by atoms with Crippen LogP contribution in [0.3, 0.4) is 0 Å². The van der Waals surface area contributed by atoms with E-state index in [0.29, 0.717) is 5.56 Å². The molecule has 6 heteroatoms. The van der Waals surface area contributed by atoms with Crippen LogP contribution in [-0.4, -0.2) is 34.2 Å². The molecule has 0 spiro atoms. The van der Waals surface area contributed by atoms with Gasteiger partial charge in [0.25, 0.3) is 5.91 Å². The molecule has 27 heavy (non-hydrogen) atoms. The summed E-state index contributed by atoms with van der Waals surface area (Å²) in [7, 11) is 1.66. The lowest BCUT2D eigenvalue weighted by Gasteiger charge is -2.25. The quantitative estimate of drug-likeness (QED) is 0.612. The van der Waals surface area contributed by atoms with Gasteiger partial charge in [0.1, 0.15) is 5.75 Å². The van der Waals surface area contributed by atoms with Crippen LogP contribution in [0.15, 0.2) is 65.4 Å². The van der Waals surface area contributed by atoms with Crippen molar-refractivity contribution in [3.8, 4) is 11.4 Å². The van der Waals surface area contributed by atoms with Crippen molar-refractivity contribution in [2.75, 3.05) is 13.7 Å². The monoisotopic (exact) mass is 425 g/mol. The molecule has 0 radical (unpaired) electrons. The fourth-order valence-corrected chi connectivity index (χ4v) is 3.86. The van der Waals surface area contributed by atoms with Gasteiger partial charge in [0, 0.05) is 18.3 Å². The van der Waals surface area contributed by atoms with E-state index in [2.05, 4.69) is 27.1 Å². The molecule has 0 bridgehead atoms. The molecule has 0 N–H and O–H groups in total. The Labute approximate surface area is 166 Å². The number of hydrogen-bond acceptors (Lipinski definition) is 3. The van der Waals surface area contributed by atoms with Gasteiger partial charge in [-0.2, -0.15) is 5.10 Å². The highest BCUT2D eigenvalue weighted by atomic mass is 79.9. The number of benzene rings is 2. The van der Waals surface area contributed by atoms with Crippen LogP contribution in [0.1, 0.15) is 34.8 Å². The Morgan fingerprint density at radius 1 is 1.22 bits per heavy atom. The summed E-state index contributed by atoms with van der Waals surface area (Å²) in [6.45, 7) is 0.772. The molecule has 1 aliphatic heterocycles. The van der Waals surface area contributed by atoms with Gasteiger partial charge in [-0.3, -0.25) is 4.79 Å². The molecule has 0 saturated carbocycles. The van der Waals surface area contributed by atoms with Crippen molar-refractivity contribution in [3.05, 3.63) is 76.5 Å². The van der Waals surface area contributed by atoms with Crippen LogP contribution in [-0.2, 0) is 0 Å². The van der Waals surface area contributed by atoms with E-state index < -0.39 is 0 Å². The van der Waals surface area contributed by atoms with Crippen molar-refractivity contribution in [1.82, 2.24) is 14.7 Å². The summed E-state index contributed by atoms with van der Waals surface area (Å²) in [4.78, 5) is 15.1. The molecular formula is C21H20BrN3O2. The molecule has 1 aromatic heterocycles. The van der Waals surface area contributed by atoms with E-state index in [9.17, 15) is 4.79 Å². The third kappa shape index (κ3) is 3.62. The Hall–Kier alpha value is -2.60. The predicted molar refractivity (Wildman–Crippen MR) is 107 cm³/mol. The maximum atomic E-state index is 13.1. The van der Waals surface area contributed by atoms with Crippen LogP contribution in [0.5, 0.6) is 5.75 Å². The Balaban J connectivity index is 1.56. The second-order valence-electron chi connectivity index (χ2n) is 6.58. The van der Waals surface area contributed by atoms with E-state index in [4.69, 9.17) is 4.74 Å². The van der Waals surface area contributed by atoms with Crippen molar-refractivity contribution in [2.24, 2.45) is 0 Å². The van der Waals surface area contributed by atoms with Gasteiger partial charge in [-0.15, -0.1) is 0 Å². The number of aromatic nitrogens is 2. The summed E-state index contributed by atoms with van der Waals surface area (Å²) < 4.78 is 8.03. The lowest BCUT2D eigenvalue weighted by atomic mass is 10.0. The van der Waals surface area contributed by atoms with Crippen LogP contribution in [0, 0.1) is 0 Å². The fourth-order valence-electron chi connectivity index (χ4n) is 3.57. The molecule has 1 aliphatic rings. The number of methoxy groups -OCH3 is 1. The number of amides is 1. The highest BCUT2D eigenvalue weighted by molar-refractivity contribution is 9.10. The fraction of sp³-hybridized carbons (Fsp3) is 0.238. The Morgan fingerprint density at radius 2 is 2.04 bits per heavy atom. The van der Waals surface area contributed by atoms with E-state index in [0.717, 1.165) is 40.9 Å². The van der Waals surface area contributed by atoms with E-state index in [-0.39, 0.29) is 11.9 Å². The lowest BCUT2D eigenvalue weighted by Crippen LogP contribution is -2.30. The zero-order valence-electron chi connectivity index (χ0n) is 15.0. The van der Waals surface area contributed by atoms with Gasteiger partial charge >= 0.3 is 0 Å². The highest BCUT2D eigenvalue weighted by Crippen LogP contribution is 2.34. The molecule has 1 atom stereocenters. The zero-order chi connectivity index (χ0) is 18.8. The molecule has 2 aromatic carbocycles. The minimum Gasteiger partial charge on any atom is -0.497 e. The van der Waals surface area contributed by atoms with Crippen LogP contribution < -0.4 is 4.74 Å². The summed E-state index contributed by atoms with van der Waals surface area (Å²) in [5.41, 5.74) is 2.74. The maximum Gasteiger partial charge on any atom is 0.254 e. The molecule has 1 saturated heterocycles. The SMILES string of the molecule is COc1cccc(C2CCCN2C(=O)c2ccc(-n3cc(Br)cn3)cc2)c1. The summed E-state index contributed by atoms with van der Waals surface area (Å²) in [6.07, 6.45) is 5.60. The van der Waals surface area contributed by atoms with Crippen LogP contribution in [0.2, 0.25) is 0 Å². The van der Waals surface area contributed by atoms with E-state index in [1.807, 2.05) is 53.6 Å². The average Bonchev–Trinajstić information content (AvgIpc) is 3.37. The minimum absolute atomic E-state index is 0.0634. The molecule has 5 nitrogen and oxygen atoms in total. The van der Waals surface area contributed by atoms with Gasteiger partial charge in [-0.1, -0.05) is 12.1 Å². The van der Waals surface area contributed by atoms with Crippen molar-refractivity contribution in [1.29, 1.82) is 0 Å². The number of ether oxygens (including phenoxy) is 1. The third-order valence-corrected chi connectivity index (χ3v) is 5.33. The Kier molecular flexibility index (Phi) is 4.99. The number of hydrogen-bond donors (Lipinski definition) is 0. The van der Waals surface area contributed by atoms with Gasteiger partial charge in [0.2, 0.25) is 0 Å². The lowest BCUT2D eigenvalue weighted by molar-refractivity contribution is 0.0735. The number of carbonyl (C=O) groups is 1. The number of likely N-dealkylation sites (tertiary alicyclic amines) is 1. The molecule has 1 unspecified atom stereocenters. The van der Waals surface area contributed by atoms with Crippen LogP contribution in [0.25, 0.3) is 5.69 Å². The second kappa shape index (κ2) is 7.56. The first kappa shape index (κ1) is 17.8. The Morgan fingerprint density at radius 3 is 2.74 bits per heavy atom. The average molecular weight is 426 g/mol. The molecule has 1 fully saturated rings. The summed E-state index contributed by atoms with van der Waals surface area (Å²) in [5, 5.41) is 4.27. The van der Waals surface area contributed by atoms with Crippen molar-refractivity contribution < 1.29 is 9.53 Å². The molecule has 3 aromatic rings. The summed E-state index contributed by atoms with van der Waals surface area (Å²) in [5.74, 6) is 0.884. The molecular weight excluding hydrogens is 406 g/mol. The number of rotatable bonds is 4. The van der Waals surface area contributed by atoms with E-state index in [1.54, 1.807) is 18.0 Å².